The molecule has 2 atom stereocenters. The van der Waals surface area contributed by atoms with Gasteiger partial charge in [0.2, 0.25) is 0 Å². The average Bonchev–Trinajstić information content (AvgIpc) is 2.96. The van der Waals surface area contributed by atoms with Gasteiger partial charge in [0.05, 0.1) is 10.5 Å². The van der Waals surface area contributed by atoms with Gasteiger partial charge >= 0.3 is 5.97 Å². The van der Waals surface area contributed by atoms with E-state index in [1.54, 1.807) is 6.20 Å². The first-order valence-corrected chi connectivity index (χ1v) is 11.6. The lowest BCUT2D eigenvalue weighted by Gasteiger charge is -2.36. The van der Waals surface area contributed by atoms with Gasteiger partial charge in [-0.3, -0.25) is 23.7 Å². The molecule has 4 heterocycles. The summed E-state index contributed by atoms with van der Waals surface area (Å²) in [6.07, 6.45) is 4.35. The molecule has 168 valence electrons. The van der Waals surface area contributed by atoms with E-state index >= 15 is 0 Å². The maximum Gasteiger partial charge on any atom is 0.323 e. The lowest BCUT2D eigenvalue weighted by Crippen LogP contribution is -2.40. The minimum absolute atomic E-state index is 0.162. The zero-order valence-electron chi connectivity index (χ0n) is 18.1. The topological polar surface area (TPSA) is 95.2 Å². The molecule has 0 aliphatic carbocycles. The van der Waals surface area contributed by atoms with Crippen molar-refractivity contribution in [2.24, 2.45) is 11.8 Å². The van der Waals surface area contributed by atoms with Crippen molar-refractivity contribution >= 4 is 57.7 Å². The SMILES string of the molecule is Cc1ccc2nc(N3C[C@H](C)C[C@@H](C)C3)c(/C=C3\SC(=S)N(CC(=O)O)C3=O)c(=O)n2c1. The molecule has 0 bridgehead atoms. The third-order valence-electron chi connectivity index (χ3n) is 5.60. The van der Waals surface area contributed by atoms with Crippen LogP contribution in [0.2, 0.25) is 0 Å². The first kappa shape index (κ1) is 22.5. The standard InChI is InChI=1S/C22H24N4O4S2/c1-12-4-5-17-23-19(24-8-13(2)6-14(3)9-24)15(20(29)25(17)10-12)7-16-21(30)26(11-18(27)28)22(31)32-16/h4-5,7,10,13-14H,6,8-9,11H2,1-3H3,(H,27,28)/b16-7-/t13-,14-/m1/s1. The molecular weight excluding hydrogens is 448 g/mol. The van der Waals surface area contributed by atoms with Gasteiger partial charge in [-0.25, -0.2) is 4.98 Å². The summed E-state index contributed by atoms with van der Waals surface area (Å²) in [6.45, 7) is 7.27. The van der Waals surface area contributed by atoms with Crippen molar-refractivity contribution in [2.45, 2.75) is 27.2 Å². The van der Waals surface area contributed by atoms with Crippen LogP contribution in [0.15, 0.2) is 28.0 Å². The van der Waals surface area contributed by atoms with Crippen molar-refractivity contribution in [1.29, 1.82) is 0 Å². The lowest BCUT2D eigenvalue weighted by molar-refractivity contribution is -0.140. The zero-order valence-corrected chi connectivity index (χ0v) is 19.7. The van der Waals surface area contributed by atoms with Gasteiger partial charge in [-0.05, 0) is 42.9 Å². The Hall–Kier alpha value is -2.72. The number of carbonyl (C=O) groups excluding carboxylic acids is 1. The molecule has 2 saturated heterocycles. The second-order valence-electron chi connectivity index (χ2n) is 8.60. The molecule has 4 rings (SSSR count). The maximum absolute atomic E-state index is 13.5. The van der Waals surface area contributed by atoms with Gasteiger partial charge in [0, 0.05) is 19.3 Å². The Balaban J connectivity index is 1.87. The van der Waals surface area contributed by atoms with Gasteiger partial charge < -0.3 is 10.0 Å². The molecular formula is C22H24N4O4S2. The summed E-state index contributed by atoms with van der Waals surface area (Å²) in [5.41, 5.74) is 1.48. The van der Waals surface area contributed by atoms with Crippen LogP contribution in [0.1, 0.15) is 31.4 Å². The summed E-state index contributed by atoms with van der Waals surface area (Å²) in [6, 6.07) is 3.72. The van der Waals surface area contributed by atoms with Gasteiger partial charge in [0.25, 0.3) is 11.5 Å². The highest BCUT2D eigenvalue weighted by Gasteiger charge is 2.34. The summed E-state index contributed by atoms with van der Waals surface area (Å²) in [5, 5.41) is 9.09. The van der Waals surface area contributed by atoms with E-state index in [0.717, 1.165) is 41.7 Å². The Morgan fingerprint density at radius 3 is 2.62 bits per heavy atom. The number of thiocarbonyl (C=S) groups is 1. The quantitative estimate of drug-likeness (QED) is 0.536. The highest BCUT2D eigenvalue weighted by Crippen LogP contribution is 2.34. The normalized spacial score (nSPS) is 22.9. The number of carboxylic acids is 1. The number of aromatic nitrogens is 2. The van der Waals surface area contributed by atoms with Crippen LogP contribution in [0.3, 0.4) is 0 Å². The fourth-order valence-electron chi connectivity index (χ4n) is 4.35. The van der Waals surface area contributed by atoms with E-state index in [4.69, 9.17) is 22.3 Å². The van der Waals surface area contributed by atoms with Crippen LogP contribution in [0.5, 0.6) is 0 Å². The predicted octanol–water partition coefficient (Wildman–Crippen LogP) is 2.77. The van der Waals surface area contributed by atoms with Crippen molar-refractivity contribution in [3.8, 4) is 0 Å². The first-order valence-electron chi connectivity index (χ1n) is 10.4. The lowest BCUT2D eigenvalue weighted by atomic mass is 9.91. The number of fused-ring (bicyclic) bond motifs is 1. The fraction of sp³-hybridized carbons (Fsp3) is 0.409. The van der Waals surface area contributed by atoms with Crippen LogP contribution < -0.4 is 10.5 Å². The Labute approximate surface area is 194 Å². The largest absolute Gasteiger partial charge is 0.480 e. The molecule has 2 aliphatic heterocycles. The van der Waals surface area contributed by atoms with E-state index in [1.807, 2.05) is 19.1 Å². The number of amides is 1. The molecule has 2 aromatic heterocycles. The van der Waals surface area contributed by atoms with E-state index in [-0.39, 0.29) is 14.8 Å². The molecule has 0 unspecified atom stereocenters. The van der Waals surface area contributed by atoms with Gasteiger partial charge in [-0.15, -0.1) is 0 Å². The molecule has 2 aliphatic rings. The minimum Gasteiger partial charge on any atom is -0.480 e. The number of aryl methyl sites for hydroxylation is 1. The van der Waals surface area contributed by atoms with E-state index in [1.165, 1.54) is 10.5 Å². The van der Waals surface area contributed by atoms with Crippen LogP contribution in [0, 0.1) is 18.8 Å². The van der Waals surface area contributed by atoms with Gasteiger partial charge in [0.15, 0.2) is 0 Å². The molecule has 0 saturated carbocycles. The van der Waals surface area contributed by atoms with E-state index in [2.05, 4.69) is 18.7 Å². The molecule has 32 heavy (non-hydrogen) atoms. The number of hydrogen-bond acceptors (Lipinski definition) is 7. The Kier molecular flexibility index (Phi) is 6.09. The molecule has 0 radical (unpaired) electrons. The number of pyridine rings is 1. The summed E-state index contributed by atoms with van der Waals surface area (Å²) >= 11 is 6.20. The maximum atomic E-state index is 13.5. The molecule has 0 aromatic carbocycles. The van der Waals surface area contributed by atoms with Crippen molar-refractivity contribution in [1.82, 2.24) is 14.3 Å². The first-order chi connectivity index (χ1) is 15.1. The van der Waals surface area contributed by atoms with Crippen LogP contribution in [-0.4, -0.2) is 55.2 Å². The number of carboxylic acid groups (broad SMARTS) is 1. The minimum atomic E-state index is -1.15. The summed E-state index contributed by atoms with van der Waals surface area (Å²) in [5.74, 6) is -0.233. The van der Waals surface area contributed by atoms with E-state index < -0.39 is 18.4 Å². The summed E-state index contributed by atoms with van der Waals surface area (Å²) < 4.78 is 1.65. The third-order valence-corrected chi connectivity index (χ3v) is 6.97. The molecule has 10 heteroatoms. The molecule has 2 fully saturated rings. The highest BCUT2D eigenvalue weighted by molar-refractivity contribution is 8.26. The third kappa shape index (κ3) is 4.29. The Morgan fingerprint density at radius 1 is 1.28 bits per heavy atom. The van der Waals surface area contributed by atoms with Gasteiger partial charge in [-0.2, -0.15) is 0 Å². The number of thioether (sulfide) groups is 1. The zero-order chi connectivity index (χ0) is 23.2. The van der Waals surface area contributed by atoms with E-state index in [0.29, 0.717) is 28.9 Å². The second-order valence-corrected chi connectivity index (χ2v) is 10.3. The van der Waals surface area contributed by atoms with Gasteiger partial charge in [0.1, 0.15) is 22.3 Å². The second kappa shape index (κ2) is 8.67. The molecule has 1 amide bonds. The number of anilines is 1. The number of rotatable bonds is 4. The van der Waals surface area contributed by atoms with Crippen molar-refractivity contribution in [2.75, 3.05) is 24.5 Å². The van der Waals surface area contributed by atoms with Crippen LogP contribution in [0.4, 0.5) is 5.82 Å². The highest BCUT2D eigenvalue weighted by atomic mass is 32.2. The number of piperidine rings is 1. The van der Waals surface area contributed by atoms with Crippen LogP contribution in [0.25, 0.3) is 11.7 Å². The summed E-state index contributed by atoms with van der Waals surface area (Å²) in [4.78, 5) is 45.6. The molecule has 2 aromatic rings. The molecule has 0 spiro atoms. The fourth-order valence-corrected chi connectivity index (χ4v) is 5.59. The summed E-state index contributed by atoms with van der Waals surface area (Å²) in [7, 11) is 0. The Morgan fingerprint density at radius 2 is 1.97 bits per heavy atom. The van der Waals surface area contributed by atoms with E-state index in [9.17, 15) is 14.4 Å². The number of aliphatic carboxylic acids is 1. The van der Waals surface area contributed by atoms with Crippen LogP contribution >= 0.6 is 24.0 Å². The van der Waals surface area contributed by atoms with Gasteiger partial charge in [-0.1, -0.05) is 43.9 Å². The van der Waals surface area contributed by atoms with Crippen molar-refractivity contribution in [3.05, 3.63) is 44.7 Å². The number of nitrogens with zero attached hydrogens (tertiary/aromatic N) is 4. The van der Waals surface area contributed by atoms with Crippen LogP contribution in [-0.2, 0) is 9.59 Å². The smallest absolute Gasteiger partial charge is 0.323 e. The van der Waals surface area contributed by atoms with Crippen molar-refractivity contribution < 1.29 is 14.7 Å². The molecule has 1 N–H and O–H groups in total. The van der Waals surface area contributed by atoms with Crippen molar-refractivity contribution in [3.63, 3.8) is 0 Å². The molecule has 8 nitrogen and oxygen atoms in total. The average molecular weight is 473 g/mol. The Bertz CT molecular complexity index is 1210. The number of carbonyl (C=O) groups is 2. The number of hydrogen-bond donors (Lipinski definition) is 1. The predicted molar refractivity (Wildman–Crippen MR) is 129 cm³/mol. The monoisotopic (exact) mass is 472 g/mol.